The second kappa shape index (κ2) is 10.5. The van der Waals surface area contributed by atoms with Crippen LogP contribution in [0.4, 0.5) is 0 Å². The maximum absolute atomic E-state index is 11.9. The molecule has 7 heteroatoms. The first-order chi connectivity index (χ1) is 9.36. The number of thioether (sulfide) groups is 1. The predicted octanol–water partition coefficient (Wildman–Crippen LogP) is 0.861. The fourth-order valence-electron chi connectivity index (χ4n) is 1.32. The molecule has 0 bridgehead atoms. The molecule has 0 aliphatic carbocycles. The average Bonchev–Trinajstić information content (AvgIpc) is 2.36. The number of carbonyl (C=O) groups excluding carboxylic acids is 2. The molecule has 0 radical (unpaired) electrons. The highest BCUT2D eigenvalue weighted by molar-refractivity contribution is 7.99. The molecule has 1 atom stereocenters. The van der Waals surface area contributed by atoms with E-state index in [1.807, 2.05) is 0 Å². The Morgan fingerprint density at radius 3 is 2.35 bits per heavy atom. The van der Waals surface area contributed by atoms with Crippen LogP contribution in [0.15, 0.2) is 0 Å². The Morgan fingerprint density at radius 1 is 1.20 bits per heavy atom. The monoisotopic (exact) mass is 304 g/mol. The number of hydrogen-bond donors (Lipinski definition) is 3. The van der Waals surface area contributed by atoms with Gasteiger partial charge >= 0.3 is 5.97 Å². The fourth-order valence-corrected chi connectivity index (χ4v) is 2.39. The van der Waals surface area contributed by atoms with Crippen molar-refractivity contribution in [1.29, 1.82) is 0 Å². The summed E-state index contributed by atoms with van der Waals surface area (Å²) in [4.78, 5) is 33.7. The van der Waals surface area contributed by atoms with Gasteiger partial charge in [-0.1, -0.05) is 20.8 Å². The summed E-state index contributed by atoms with van der Waals surface area (Å²) in [6, 6.07) is -0.611. The first-order valence-corrected chi connectivity index (χ1v) is 7.88. The Labute approximate surface area is 124 Å². The zero-order valence-corrected chi connectivity index (χ0v) is 13.1. The molecule has 0 fully saturated rings. The van der Waals surface area contributed by atoms with E-state index < -0.39 is 12.0 Å². The van der Waals surface area contributed by atoms with E-state index >= 15 is 0 Å². The lowest BCUT2D eigenvalue weighted by Gasteiger charge is -2.18. The molecule has 0 aliphatic heterocycles. The molecule has 0 aromatic carbocycles. The highest BCUT2D eigenvalue weighted by atomic mass is 32.2. The average molecular weight is 304 g/mol. The van der Waals surface area contributed by atoms with Crippen molar-refractivity contribution in [3.8, 4) is 0 Å². The number of nitrogens with one attached hydrogen (secondary N) is 2. The number of carbonyl (C=O) groups is 3. The third-order valence-electron chi connectivity index (χ3n) is 2.35. The second-order valence-corrected chi connectivity index (χ2v) is 5.91. The minimum atomic E-state index is -0.964. The minimum absolute atomic E-state index is 0.0709. The van der Waals surface area contributed by atoms with E-state index in [9.17, 15) is 14.4 Å². The van der Waals surface area contributed by atoms with Crippen LogP contribution >= 0.6 is 11.8 Å². The minimum Gasteiger partial charge on any atom is -0.481 e. The lowest BCUT2D eigenvalue weighted by atomic mass is 10.3. The summed E-state index contributed by atoms with van der Waals surface area (Å²) in [5, 5.41) is 13.7. The van der Waals surface area contributed by atoms with E-state index in [4.69, 9.17) is 5.11 Å². The van der Waals surface area contributed by atoms with Crippen molar-refractivity contribution in [3.05, 3.63) is 0 Å². The third-order valence-corrected chi connectivity index (χ3v) is 3.82. The van der Waals surface area contributed by atoms with Crippen molar-refractivity contribution in [1.82, 2.24) is 10.6 Å². The van der Waals surface area contributed by atoms with Gasteiger partial charge in [0.1, 0.15) is 6.04 Å². The highest BCUT2D eigenvalue weighted by Crippen LogP contribution is 2.09. The maximum Gasteiger partial charge on any atom is 0.305 e. The van der Waals surface area contributed by atoms with E-state index in [1.54, 1.807) is 18.7 Å². The summed E-state index contributed by atoms with van der Waals surface area (Å²) >= 11 is 1.60. The third kappa shape index (κ3) is 9.66. The van der Waals surface area contributed by atoms with Crippen LogP contribution in [0.3, 0.4) is 0 Å². The van der Waals surface area contributed by atoms with Crippen LogP contribution in [-0.2, 0) is 14.4 Å². The Hall–Kier alpha value is -1.24. The summed E-state index contributed by atoms with van der Waals surface area (Å²) < 4.78 is 0. The Balaban J connectivity index is 4.29. The smallest absolute Gasteiger partial charge is 0.305 e. The van der Waals surface area contributed by atoms with Crippen LogP contribution in [0.1, 0.15) is 33.6 Å². The number of rotatable bonds is 10. The first-order valence-electron chi connectivity index (χ1n) is 6.73. The molecule has 0 rings (SSSR count). The summed E-state index contributed by atoms with van der Waals surface area (Å²) in [7, 11) is 0. The van der Waals surface area contributed by atoms with Gasteiger partial charge < -0.3 is 15.7 Å². The van der Waals surface area contributed by atoms with Gasteiger partial charge in [0.05, 0.1) is 6.42 Å². The molecule has 0 heterocycles. The maximum atomic E-state index is 11.9. The van der Waals surface area contributed by atoms with Gasteiger partial charge in [0.2, 0.25) is 11.8 Å². The largest absolute Gasteiger partial charge is 0.481 e. The topological polar surface area (TPSA) is 95.5 Å². The lowest BCUT2D eigenvalue weighted by molar-refractivity contribution is -0.137. The number of amides is 2. The Bertz CT molecular complexity index is 334. The van der Waals surface area contributed by atoms with Gasteiger partial charge in [0, 0.05) is 18.7 Å². The Kier molecular flexibility index (Phi) is 9.88. The summed E-state index contributed by atoms with van der Waals surface area (Å²) in [5.41, 5.74) is 0. The van der Waals surface area contributed by atoms with Gasteiger partial charge in [-0.25, -0.2) is 0 Å². The van der Waals surface area contributed by atoms with Gasteiger partial charge in [0.15, 0.2) is 0 Å². The normalized spacial score (nSPS) is 12.0. The van der Waals surface area contributed by atoms with Crippen molar-refractivity contribution in [2.24, 2.45) is 5.92 Å². The molecule has 20 heavy (non-hydrogen) atoms. The quantitative estimate of drug-likeness (QED) is 0.556. The van der Waals surface area contributed by atoms with Crippen molar-refractivity contribution >= 4 is 29.5 Å². The van der Waals surface area contributed by atoms with Crippen molar-refractivity contribution in [3.63, 3.8) is 0 Å². The molecule has 2 amide bonds. The van der Waals surface area contributed by atoms with Gasteiger partial charge in [-0.2, -0.15) is 11.8 Å². The van der Waals surface area contributed by atoms with E-state index in [-0.39, 0.29) is 24.8 Å². The van der Waals surface area contributed by atoms with E-state index in [0.29, 0.717) is 18.1 Å². The molecule has 0 saturated heterocycles. The molecule has 0 aliphatic rings. The highest BCUT2D eigenvalue weighted by Gasteiger charge is 2.20. The van der Waals surface area contributed by atoms with Crippen LogP contribution in [0.5, 0.6) is 0 Å². The summed E-state index contributed by atoms with van der Waals surface area (Å²) in [6.45, 7) is 5.95. The Morgan fingerprint density at radius 2 is 1.85 bits per heavy atom. The zero-order valence-electron chi connectivity index (χ0n) is 12.3. The lowest BCUT2D eigenvalue weighted by Crippen LogP contribution is -2.48. The number of aliphatic carboxylic acids is 1. The van der Waals surface area contributed by atoms with Crippen molar-refractivity contribution in [2.45, 2.75) is 39.7 Å². The molecule has 116 valence electrons. The van der Waals surface area contributed by atoms with E-state index in [2.05, 4.69) is 24.5 Å². The summed E-state index contributed by atoms with van der Waals surface area (Å²) in [5.74, 6) is 0.424. The van der Waals surface area contributed by atoms with Crippen molar-refractivity contribution < 1.29 is 19.5 Å². The van der Waals surface area contributed by atoms with Gasteiger partial charge in [-0.15, -0.1) is 0 Å². The molecule has 3 N–H and O–H groups in total. The first kappa shape index (κ1) is 18.8. The van der Waals surface area contributed by atoms with Crippen LogP contribution in [0, 0.1) is 5.92 Å². The van der Waals surface area contributed by atoms with Crippen LogP contribution in [0.2, 0.25) is 0 Å². The molecule has 0 saturated carbocycles. The molecule has 0 aromatic rings. The number of carboxylic acids is 1. The molecule has 0 aromatic heterocycles. The zero-order chi connectivity index (χ0) is 15.5. The molecule has 6 nitrogen and oxygen atoms in total. The summed E-state index contributed by atoms with van der Waals surface area (Å²) in [6.07, 6.45) is 0.188. The molecule has 0 unspecified atom stereocenters. The van der Waals surface area contributed by atoms with Gasteiger partial charge in [-0.3, -0.25) is 14.4 Å². The van der Waals surface area contributed by atoms with Crippen LogP contribution < -0.4 is 10.6 Å². The van der Waals surface area contributed by atoms with E-state index in [1.165, 1.54) is 0 Å². The standard InChI is InChI=1S/C13H24N2O4S/c1-4-11(16)15-10(8-20-7-9(2)3)13(19)14-6-5-12(17)18/h9-10H,4-8H2,1-3H3,(H,14,19)(H,15,16)(H,17,18)/t10-/m0/s1. The fraction of sp³-hybridized carbons (Fsp3) is 0.769. The van der Waals surface area contributed by atoms with E-state index in [0.717, 1.165) is 5.75 Å². The van der Waals surface area contributed by atoms with Crippen LogP contribution in [-0.4, -0.2) is 47.0 Å². The van der Waals surface area contributed by atoms with Gasteiger partial charge in [0.25, 0.3) is 0 Å². The predicted molar refractivity (Wildman–Crippen MR) is 79.6 cm³/mol. The SMILES string of the molecule is CCC(=O)N[C@@H](CSCC(C)C)C(=O)NCCC(=O)O. The second-order valence-electron chi connectivity index (χ2n) is 4.84. The van der Waals surface area contributed by atoms with Crippen LogP contribution in [0.25, 0.3) is 0 Å². The van der Waals surface area contributed by atoms with Crippen molar-refractivity contribution in [2.75, 3.05) is 18.1 Å². The molecular formula is C13H24N2O4S. The molecule has 0 spiro atoms. The number of carboxylic acid groups (broad SMARTS) is 1. The number of hydrogen-bond acceptors (Lipinski definition) is 4. The molecular weight excluding hydrogens is 280 g/mol. The van der Waals surface area contributed by atoms with Gasteiger partial charge in [-0.05, 0) is 11.7 Å².